The van der Waals surface area contributed by atoms with Gasteiger partial charge in [0.15, 0.2) is 0 Å². The quantitative estimate of drug-likeness (QED) is 0.816. The highest BCUT2D eigenvalue weighted by molar-refractivity contribution is 5.74. The van der Waals surface area contributed by atoms with Crippen LogP contribution in [0.4, 0.5) is 4.79 Å². The van der Waals surface area contributed by atoms with Crippen LogP contribution >= 0.6 is 0 Å². The third kappa shape index (κ3) is 2.67. The zero-order valence-electron chi connectivity index (χ0n) is 12.6. The third-order valence-corrected chi connectivity index (χ3v) is 5.92. The number of carbonyl (C=O) groups excluding carboxylic acids is 1. The molecule has 0 aromatic heterocycles. The number of amides is 2. The first kappa shape index (κ1) is 14.2. The maximum atomic E-state index is 12.4. The lowest BCUT2D eigenvalue weighted by molar-refractivity contribution is -0.0872. The number of urea groups is 1. The van der Waals surface area contributed by atoms with Gasteiger partial charge in [-0.15, -0.1) is 0 Å². The molecule has 1 heterocycles. The number of likely N-dealkylation sites (tertiary alicyclic amines) is 1. The fraction of sp³-hybridized carbons (Fsp3) is 0.938. The summed E-state index contributed by atoms with van der Waals surface area (Å²) < 4.78 is 0. The first-order valence-electron chi connectivity index (χ1n) is 8.36. The molecule has 3 rings (SSSR count). The molecule has 4 nitrogen and oxygen atoms in total. The molecule has 0 radical (unpaired) electrons. The van der Waals surface area contributed by atoms with Crippen molar-refractivity contribution in [2.75, 3.05) is 13.1 Å². The molecule has 2 saturated carbocycles. The molecular weight excluding hydrogens is 252 g/mol. The second-order valence-corrected chi connectivity index (χ2v) is 7.17. The lowest BCUT2D eigenvalue weighted by Gasteiger charge is -2.47. The van der Waals surface area contributed by atoms with Crippen molar-refractivity contribution in [2.45, 2.75) is 69.9 Å². The molecule has 4 heteroatoms. The SMILES string of the molecule is CC(NC(=O)N1CCC2(O)CCCCC2C1)C1CCC1. The number of nitrogens with one attached hydrogen (secondary N) is 1. The van der Waals surface area contributed by atoms with Crippen LogP contribution in [0.25, 0.3) is 0 Å². The molecule has 0 spiro atoms. The monoisotopic (exact) mass is 280 g/mol. The van der Waals surface area contributed by atoms with Crippen molar-refractivity contribution in [2.24, 2.45) is 11.8 Å². The maximum Gasteiger partial charge on any atom is 0.317 e. The summed E-state index contributed by atoms with van der Waals surface area (Å²) in [6, 6.07) is 0.375. The molecule has 2 N–H and O–H groups in total. The first-order chi connectivity index (χ1) is 9.58. The van der Waals surface area contributed by atoms with E-state index >= 15 is 0 Å². The summed E-state index contributed by atoms with van der Waals surface area (Å²) >= 11 is 0. The smallest absolute Gasteiger partial charge is 0.317 e. The Hall–Kier alpha value is -0.770. The van der Waals surface area contributed by atoms with Crippen LogP contribution in [0.3, 0.4) is 0 Å². The van der Waals surface area contributed by atoms with E-state index in [1.165, 1.54) is 25.7 Å². The lowest BCUT2D eigenvalue weighted by Crippen LogP contribution is -2.57. The molecule has 0 aromatic rings. The summed E-state index contributed by atoms with van der Waals surface area (Å²) in [5, 5.41) is 13.8. The molecule has 2 aliphatic carbocycles. The zero-order chi connectivity index (χ0) is 14.2. The average molecular weight is 280 g/mol. The minimum Gasteiger partial charge on any atom is -0.389 e. The van der Waals surface area contributed by atoms with Gasteiger partial charge < -0.3 is 15.3 Å². The van der Waals surface area contributed by atoms with Crippen molar-refractivity contribution < 1.29 is 9.90 Å². The van der Waals surface area contributed by atoms with Gasteiger partial charge in [-0.05, 0) is 44.9 Å². The summed E-state index contributed by atoms with van der Waals surface area (Å²) in [5.74, 6) is 0.963. The van der Waals surface area contributed by atoms with Crippen LogP contribution in [0.2, 0.25) is 0 Å². The van der Waals surface area contributed by atoms with Crippen molar-refractivity contribution in [3.05, 3.63) is 0 Å². The van der Waals surface area contributed by atoms with E-state index in [-0.39, 0.29) is 11.9 Å². The van der Waals surface area contributed by atoms with Gasteiger partial charge >= 0.3 is 6.03 Å². The summed E-state index contributed by atoms with van der Waals surface area (Å²) in [7, 11) is 0. The van der Waals surface area contributed by atoms with Crippen LogP contribution < -0.4 is 5.32 Å². The third-order valence-electron chi connectivity index (χ3n) is 5.92. The molecule has 114 valence electrons. The Bertz CT molecular complexity index is 369. The Morgan fingerprint density at radius 2 is 2.05 bits per heavy atom. The highest BCUT2D eigenvalue weighted by Gasteiger charge is 2.43. The maximum absolute atomic E-state index is 12.4. The van der Waals surface area contributed by atoms with E-state index in [2.05, 4.69) is 12.2 Å². The van der Waals surface area contributed by atoms with E-state index in [0.29, 0.717) is 18.5 Å². The van der Waals surface area contributed by atoms with Crippen molar-refractivity contribution >= 4 is 6.03 Å². The predicted octanol–water partition coefficient (Wildman–Crippen LogP) is 2.51. The van der Waals surface area contributed by atoms with Crippen LogP contribution in [0.15, 0.2) is 0 Å². The van der Waals surface area contributed by atoms with Crippen LogP contribution in [-0.2, 0) is 0 Å². The number of carbonyl (C=O) groups is 1. The van der Waals surface area contributed by atoms with Crippen molar-refractivity contribution in [1.29, 1.82) is 0 Å². The van der Waals surface area contributed by atoms with Gasteiger partial charge in [0.1, 0.15) is 0 Å². The highest BCUT2D eigenvalue weighted by Crippen LogP contribution is 2.39. The number of fused-ring (bicyclic) bond motifs is 1. The van der Waals surface area contributed by atoms with E-state index < -0.39 is 5.60 Å². The number of aliphatic hydroxyl groups is 1. The molecule has 2 amide bonds. The number of rotatable bonds is 2. The second kappa shape index (κ2) is 5.55. The highest BCUT2D eigenvalue weighted by atomic mass is 16.3. The molecule has 0 bridgehead atoms. The largest absolute Gasteiger partial charge is 0.389 e. The van der Waals surface area contributed by atoms with Crippen molar-refractivity contribution in [3.63, 3.8) is 0 Å². The van der Waals surface area contributed by atoms with Gasteiger partial charge in [0.2, 0.25) is 0 Å². The topological polar surface area (TPSA) is 52.6 Å². The minimum atomic E-state index is -0.491. The Balaban J connectivity index is 1.54. The Morgan fingerprint density at radius 3 is 2.75 bits per heavy atom. The van der Waals surface area contributed by atoms with Gasteiger partial charge in [0.25, 0.3) is 0 Å². The molecule has 3 atom stereocenters. The van der Waals surface area contributed by atoms with E-state index in [0.717, 1.165) is 32.2 Å². The lowest BCUT2D eigenvalue weighted by atomic mass is 9.71. The molecule has 3 unspecified atom stereocenters. The van der Waals surface area contributed by atoms with E-state index in [4.69, 9.17) is 0 Å². The number of piperidine rings is 1. The minimum absolute atomic E-state index is 0.0806. The van der Waals surface area contributed by atoms with E-state index in [1.54, 1.807) is 0 Å². The van der Waals surface area contributed by atoms with Gasteiger partial charge in [0.05, 0.1) is 5.60 Å². The predicted molar refractivity (Wildman–Crippen MR) is 78.4 cm³/mol. The molecule has 1 saturated heterocycles. The molecular formula is C16H28N2O2. The van der Waals surface area contributed by atoms with E-state index in [1.807, 2.05) is 4.90 Å². The zero-order valence-corrected chi connectivity index (χ0v) is 12.6. The summed E-state index contributed by atoms with van der Waals surface area (Å²) in [6.45, 7) is 3.57. The summed E-state index contributed by atoms with van der Waals surface area (Å²) in [4.78, 5) is 14.3. The molecule has 0 aromatic carbocycles. The normalized spacial score (nSPS) is 35.9. The summed E-state index contributed by atoms with van der Waals surface area (Å²) in [5.41, 5.74) is -0.491. The second-order valence-electron chi connectivity index (χ2n) is 7.17. The molecule has 1 aliphatic heterocycles. The Morgan fingerprint density at radius 1 is 1.25 bits per heavy atom. The molecule has 3 fully saturated rings. The van der Waals surface area contributed by atoms with Gasteiger partial charge in [-0.2, -0.15) is 0 Å². The van der Waals surface area contributed by atoms with Crippen LogP contribution in [-0.4, -0.2) is 40.8 Å². The van der Waals surface area contributed by atoms with Crippen molar-refractivity contribution in [1.82, 2.24) is 10.2 Å². The van der Waals surface area contributed by atoms with Crippen LogP contribution in [0.5, 0.6) is 0 Å². The fourth-order valence-electron chi connectivity index (χ4n) is 4.10. The fourth-order valence-corrected chi connectivity index (χ4v) is 4.10. The molecule has 20 heavy (non-hydrogen) atoms. The first-order valence-corrected chi connectivity index (χ1v) is 8.36. The standard InChI is InChI=1S/C16H28N2O2/c1-12(13-5-4-6-13)17-15(19)18-10-9-16(20)8-3-2-7-14(16)11-18/h12-14,20H,2-11H2,1H3,(H,17,19). The number of hydrogen-bond donors (Lipinski definition) is 2. The van der Waals surface area contributed by atoms with Gasteiger partial charge in [-0.1, -0.05) is 19.3 Å². The van der Waals surface area contributed by atoms with E-state index in [9.17, 15) is 9.90 Å². The number of hydrogen-bond acceptors (Lipinski definition) is 2. The van der Waals surface area contributed by atoms with Crippen LogP contribution in [0, 0.1) is 11.8 Å². The van der Waals surface area contributed by atoms with Crippen LogP contribution in [0.1, 0.15) is 58.3 Å². The molecule has 3 aliphatic rings. The van der Waals surface area contributed by atoms with Gasteiger partial charge in [-0.3, -0.25) is 0 Å². The summed E-state index contributed by atoms with van der Waals surface area (Å²) in [6.07, 6.45) is 8.89. The Labute approximate surface area is 121 Å². The Kier molecular flexibility index (Phi) is 3.93. The number of nitrogens with zero attached hydrogens (tertiary/aromatic N) is 1. The average Bonchev–Trinajstić information content (AvgIpc) is 2.35. The van der Waals surface area contributed by atoms with Gasteiger partial charge in [0, 0.05) is 25.0 Å². The van der Waals surface area contributed by atoms with Gasteiger partial charge in [-0.25, -0.2) is 4.79 Å². The van der Waals surface area contributed by atoms with Crippen molar-refractivity contribution in [3.8, 4) is 0 Å².